The van der Waals surface area contributed by atoms with Gasteiger partial charge in [0.05, 0.1) is 0 Å². The normalized spacial score (nSPS) is 21.7. The summed E-state index contributed by atoms with van der Waals surface area (Å²) < 4.78 is 0. The molecule has 3 rings (SSSR count). The number of carbonyl (C=O) groups excluding carboxylic acids is 1. The molecule has 1 N–H and O–H groups in total. The van der Waals surface area contributed by atoms with Crippen LogP contribution < -0.4 is 4.90 Å². The van der Waals surface area contributed by atoms with E-state index in [4.69, 9.17) is 11.6 Å². The Balaban J connectivity index is 1.60. The maximum Gasteiger partial charge on any atom is 0.254 e. The van der Waals surface area contributed by atoms with E-state index in [9.17, 15) is 9.90 Å². The highest BCUT2D eigenvalue weighted by atomic mass is 35.5. The summed E-state index contributed by atoms with van der Waals surface area (Å²) in [5, 5.41) is 11.3. The molecule has 0 saturated carbocycles. The number of hydrogen-bond acceptors (Lipinski definition) is 4. The van der Waals surface area contributed by atoms with Crippen molar-refractivity contribution < 1.29 is 9.90 Å². The number of halogens is 1. The first-order chi connectivity index (χ1) is 10.6. The van der Waals surface area contributed by atoms with E-state index in [2.05, 4.69) is 4.90 Å². The lowest BCUT2D eigenvalue weighted by Crippen LogP contribution is -2.56. The molecule has 6 heteroatoms. The van der Waals surface area contributed by atoms with Gasteiger partial charge in [0.2, 0.25) is 0 Å². The van der Waals surface area contributed by atoms with Crippen LogP contribution >= 0.6 is 23.4 Å². The van der Waals surface area contributed by atoms with Gasteiger partial charge in [-0.2, -0.15) is 11.8 Å². The molecule has 0 unspecified atom stereocenters. The Morgan fingerprint density at radius 2 is 1.86 bits per heavy atom. The number of aliphatic hydroxyl groups is 1. The number of benzene rings is 1. The van der Waals surface area contributed by atoms with Gasteiger partial charge in [-0.05, 0) is 42.5 Å². The van der Waals surface area contributed by atoms with E-state index in [1.165, 1.54) is 0 Å². The lowest BCUT2D eigenvalue weighted by Gasteiger charge is -2.40. The molecule has 2 saturated heterocycles. The third-order valence-electron chi connectivity index (χ3n) is 4.46. The number of carbonyl (C=O) groups is 1. The quantitative estimate of drug-likeness (QED) is 0.896. The smallest absolute Gasteiger partial charge is 0.254 e. The molecule has 22 heavy (non-hydrogen) atoms. The summed E-state index contributed by atoms with van der Waals surface area (Å²) in [4.78, 5) is 16.6. The SMILES string of the molecule is O=C(N1CCN(c2cccc(Cl)c2)CC1)C1(O)CCSCC1. The fourth-order valence-corrected chi connectivity index (χ4v) is 4.41. The van der Waals surface area contributed by atoms with Gasteiger partial charge in [-0.1, -0.05) is 17.7 Å². The van der Waals surface area contributed by atoms with E-state index in [0.717, 1.165) is 35.3 Å². The van der Waals surface area contributed by atoms with Crippen molar-refractivity contribution in [2.45, 2.75) is 18.4 Å². The fourth-order valence-electron chi connectivity index (χ4n) is 3.06. The molecular weight excluding hydrogens is 320 g/mol. The van der Waals surface area contributed by atoms with Gasteiger partial charge in [-0.15, -0.1) is 0 Å². The van der Waals surface area contributed by atoms with E-state index >= 15 is 0 Å². The van der Waals surface area contributed by atoms with Crippen molar-refractivity contribution in [2.24, 2.45) is 0 Å². The monoisotopic (exact) mass is 340 g/mol. The zero-order valence-electron chi connectivity index (χ0n) is 12.5. The molecule has 2 fully saturated rings. The molecule has 4 nitrogen and oxygen atoms in total. The Morgan fingerprint density at radius 3 is 2.50 bits per heavy atom. The summed E-state index contributed by atoms with van der Waals surface area (Å²) in [6.45, 7) is 2.86. The first-order valence-corrected chi connectivity index (χ1v) is 9.22. The second kappa shape index (κ2) is 6.69. The maximum atomic E-state index is 12.6. The Bertz CT molecular complexity index is 541. The number of nitrogens with zero attached hydrogens (tertiary/aromatic N) is 2. The average Bonchev–Trinajstić information content (AvgIpc) is 2.55. The van der Waals surface area contributed by atoms with Crippen molar-refractivity contribution in [3.05, 3.63) is 29.3 Å². The van der Waals surface area contributed by atoms with Crippen LogP contribution in [0.25, 0.3) is 0 Å². The van der Waals surface area contributed by atoms with Gasteiger partial charge >= 0.3 is 0 Å². The highest BCUT2D eigenvalue weighted by Gasteiger charge is 2.40. The number of rotatable bonds is 2. The van der Waals surface area contributed by atoms with E-state index in [1.54, 1.807) is 0 Å². The van der Waals surface area contributed by atoms with E-state index in [-0.39, 0.29) is 5.91 Å². The molecule has 0 radical (unpaired) electrons. The van der Waals surface area contributed by atoms with E-state index in [1.807, 2.05) is 40.9 Å². The van der Waals surface area contributed by atoms with Gasteiger partial charge in [0.15, 0.2) is 0 Å². The van der Waals surface area contributed by atoms with Crippen molar-refractivity contribution >= 4 is 35.0 Å². The minimum absolute atomic E-state index is 0.0847. The van der Waals surface area contributed by atoms with Gasteiger partial charge in [-0.25, -0.2) is 0 Å². The van der Waals surface area contributed by atoms with Gasteiger partial charge in [-0.3, -0.25) is 4.79 Å². The van der Waals surface area contributed by atoms with Crippen LogP contribution in [0, 0.1) is 0 Å². The Morgan fingerprint density at radius 1 is 1.18 bits per heavy atom. The predicted octanol–water partition coefficient (Wildman–Crippen LogP) is 2.25. The minimum atomic E-state index is -1.14. The topological polar surface area (TPSA) is 43.8 Å². The molecule has 0 atom stereocenters. The molecule has 0 spiro atoms. The van der Waals surface area contributed by atoms with Gasteiger partial charge in [0.25, 0.3) is 5.91 Å². The molecule has 1 aromatic carbocycles. The molecule has 120 valence electrons. The molecule has 0 aromatic heterocycles. The van der Waals surface area contributed by atoms with Crippen molar-refractivity contribution in [1.29, 1.82) is 0 Å². The predicted molar refractivity (Wildman–Crippen MR) is 91.8 cm³/mol. The second-order valence-electron chi connectivity index (χ2n) is 5.90. The number of thioether (sulfide) groups is 1. The molecule has 1 amide bonds. The van der Waals surface area contributed by atoms with E-state index in [0.29, 0.717) is 25.9 Å². The van der Waals surface area contributed by atoms with Crippen molar-refractivity contribution in [3.8, 4) is 0 Å². The zero-order valence-corrected chi connectivity index (χ0v) is 14.1. The van der Waals surface area contributed by atoms with Crippen molar-refractivity contribution in [1.82, 2.24) is 4.90 Å². The summed E-state index contributed by atoms with van der Waals surface area (Å²) in [5.74, 6) is 1.65. The molecule has 2 heterocycles. The van der Waals surface area contributed by atoms with Crippen molar-refractivity contribution in [2.75, 3.05) is 42.6 Å². The van der Waals surface area contributed by atoms with Crippen LogP contribution in [0.3, 0.4) is 0 Å². The second-order valence-corrected chi connectivity index (χ2v) is 7.56. The molecular formula is C16H21ClN2O2S. The Hall–Kier alpha value is -0.910. The molecule has 0 aliphatic carbocycles. The van der Waals surface area contributed by atoms with Crippen molar-refractivity contribution in [3.63, 3.8) is 0 Å². The third-order valence-corrected chi connectivity index (χ3v) is 5.68. The van der Waals surface area contributed by atoms with Crippen LogP contribution in [0.15, 0.2) is 24.3 Å². The first-order valence-electron chi connectivity index (χ1n) is 7.68. The molecule has 1 aromatic rings. The summed E-state index contributed by atoms with van der Waals surface area (Å²) in [5.41, 5.74) is -0.0453. The maximum absolute atomic E-state index is 12.6. The van der Waals surface area contributed by atoms with Crippen LogP contribution in [0.2, 0.25) is 5.02 Å². The first kappa shape index (κ1) is 16.0. The number of hydrogen-bond donors (Lipinski definition) is 1. The summed E-state index contributed by atoms with van der Waals surface area (Å²) in [7, 11) is 0. The summed E-state index contributed by atoms with van der Waals surface area (Å²) in [6, 6.07) is 7.79. The molecule has 2 aliphatic rings. The van der Waals surface area contributed by atoms with Gasteiger partial charge in [0.1, 0.15) is 5.60 Å². The van der Waals surface area contributed by atoms with Crippen LogP contribution in [-0.4, -0.2) is 59.2 Å². The molecule has 2 aliphatic heterocycles. The standard InChI is InChI=1S/C16H21ClN2O2S/c17-13-2-1-3-14(12-13)18-6-8-19(9-7-18)15(20)16(21)4-10-22-11-5-16/h1-3,12,21H,4-11H2. The van der Waals surface area contributed by atoms with Gasteiger partial charge < -0.3 is 14.9 Å². The number of piperazine rings is 1. The highest BCUT2D eigenvalue weighted by Crippen LogP contribution is 2.29. The average molecular weight is 341 g/mol. The van der Waals surface area contributed by atoms with Crippen LogP contribution in [0.5, 0.6) is 0 Å². The Kier molecular flexibility index (Phi) is 4.85. The lowest BCUT2D eigenvalue weighted by atomic mass is 9.94. The Labute approximate surface area is 140 Å². The van der Waals surface area contributed by atoms with Crippen LogP contribution in [0.1, 0.15) is 12.8 Å². The summed E-state index contributed by atoms with van der Waals surface area (Å²) in [6.07, 6.45) is 1.15. The summed E-state index contributed by atoms with van der Waals surface area (Å²) >= 11 is 7.85. The fraction of sp³-hybridized carbons (Fsp3) is 0.562. The zero-order chi connectivity index (χ0) is 15.6. The number of amides is 1. The third kappa shape index (κ3) is 3.36. The minimum Gasteiger partial charge on any atom is -0.380 e. The van der Waals surface area contributed by atoms with E-state index < -0.39 is 5.60 Å². The van der Waals surface area contributed by atoms with Crippen LogP contribution in [-0.2, 0) is 4.79 Å². The lowest BCUT2D eigenvalue weighted by molar-refractivity contribution is -0.152. The number of anilines is 1. The van der Waals surface area contributed by atoms with Gasteiger partial charge in [0, 0.05) is 36.9 Å². The largest absolute Gasteiger partial charge is 0.380 e. The highest BCUT2D eigenvalue weighted by molar-refractivity contribution is 7.99. The molecule has 0 bridgehead atoms. The van der Waals surface area contributed by atoms with Crippen LogP contribution in [0.4, 0.5) is 5.69 Å².